The molecule has 0 saturated carbocycles. The molecule has 1 aromatic rings. The van der Waals surface area contributed by atoms with E-state index in [-0.39, 0.29) is 6.10 Å². The molecule has 0 aliphatic heterocycles. The van der Waals surface area contributed by atoms with E-state index in [1.807, 2.05) is 0 Å². The summed E-state index contributed by atoms with van der Waals surface area (Å²) in [4.78, 5) is 4.26. The highest BCUT2D eigenvalue weighted by atomic mass is 16.5. The van der Waals surface area contributed by atoms with Crippen molar-refractivity contribution in [1.29, 1.82) is 0 Å². The van der Waals surface area contributed by atoms with Gasteiger partial charge in [0.25, 0.3) is 0 Å². The first-order chi connectivity index (χ1) is 7.61. The highest BCUT2D eigenvalue weighted by Crippen LogP contribution is 2.10. The quantitative estimate of drug-likeness (QED) is 0.775. The van der Waals surface area contributed by atoms with Crippen LogP contribution in [-0.4, -0.2) is 21.4 Å². The van der Waals surface area contributed by atoms with Crippen molar-refractivity contribution in [1.82, 2.24) is 10.1 Å². The Morgan fingerprint density at radius 1 is 1.38 bits per heavy atom. The zero-order valence-electron chi connectivity index (χ0n) is 10.4. The summed E-state index contributed by atoms with van der Waals surface area (Å²) in [7, 11) is 0. The van der Waals surface area contributed by atoms with Crippen molar-refractivity contribution in [3.05, 3.63) is 11.7 Å². The van der Waals surface area contributed by atoms with Crippen molar-refractivity contribution in [3.8, 4) is 0 Å². The third-order valence-electron chi connectivity index (χ3n) is 2.42. The van der Waals surface area contributed by atoms with Crippen LogP contribution in [0.5, 0.6) is 0 Å². The Labute approximate surface area is 97.1 Å². The molecule has 1 aromatic heterocycles. The van der Waals surface area contributed by atoms with Gasteiger partial charge in [-0.05, 0) is 18.8 Å². The van der Waals surface area contributed by atoms with Gasteiger partial charge in [0.05, 0.1) is 12.5 Å². The van der Waals surface area contributed by atoms with Gasteiger partial charge in [0.1, 0.15) is 0 Å². The maximum Gasteiger partial charge on any atom is 0.229 e. The first-order valence-corrected chi connectivity index (χ1v) is 6.11. The second-order valence-corrected chi connectivity index (χ2v) is 4.70. The Balaban J connectivity index is 2.39. The van der Waals surface area contributed by atoms with Gasteiger partial charge in [-0.1, -0.05) is 32.3 Å². The van der Waals surface area contributed by atoms with Crippen molar-refractivity contribution in [2.75, 3.05) is 0 Å². The molecule has 1 unspecified atom stereocenters. The fourth-order valence-corrected chi connectivity index (χ4v) is 1.64. The van der Waals surface area contributed by atoms with Gasteiger partial charge in [-0.2, -0.15) is 4.98 Å². The van der Waals surface area contributed by atoms with E-state index in [0.717, 1.165) is 31.5 Å². The number of aliphatic hydroxyl groups excluding tert-OH is 1. The van der Waals surface area contributed by atoms with Crippen LogP contribution in [0.2, 0.25) is 0 Å². The largest absolute Gasteiger partial charge is 0.393 e. The Hall–Kier alpha value is -0.900. The predicted molar refractivity (Wildman–Crippen MR) is 62.1 cm³/mol. The van der Waals surface area contributed by atoms with Crippen molar-refractivity contribution < 1.29 is 9.63 Å². The summed E-state index contributed by atoms with van der Waals surface area (Å²) in [5.41, 5.74) is 0. The molecule has 92 valence electrons. The van der Waals surface area contributed by atoms with E-state index in [0.29, 0.717) is 18.2 Å². The Kier molecular flexibility index (Phi) is 5.46. The first kappa shape index (κ1) is 13.2. The van der Waals surface area contributed by atoms with Gasteiger partial charge < -0.3 is 9.63 Å². The number of aryl methyl sites for hydroxylation is 1. The summed E-state index contributed by atoms with van der Waals surface area (Å²) in [5.74, 6) is 1.80. The molecule has 0 aromatic carbocycles. The van der Waals surface area contributed by atoms with Crippen LogP contribution in [0.15, 0.2) is 4.52 Å². The van der Waals surface area contributed by atoms with Gasteiger partial charge >= 0.3 is 0 Å². The average Bonchev–Trinajstić information content (AvgIpc) is 2.61. The molecule has 4 nitrogen and oxygen atoms in total. The summed E-state index contributed by atoms with van der Waals surface area (Å²) in [6.45, 7) is 6.31. The van der Waals surface area contributed by atoms with Gasteiger partial charge in [-0.3, -0.25) is 0 Å². The van der Waals surface area contributed by atoms with E-state index >= 15 is 0 Å². The number of rotatable bonds is 7. The second kappa shape index (κ2) is 6.63. The Morgan fingerprint density at radius 3 is 2.75 bits per heavy atom. The van der Waals surface area contributed by atoms with Crippen molar-refractivity contribution in [2.24, 2.45) is 5.92 Å². The van der Waals surface area contributed by atoms with Crippen LogP contribution in [0.25, 0.3) is 0 Å². The molecule has 0 saturated heterocycles. The van der Waals surface area contributed by atoms with Crippen LogP contribution in [0.3, 0.4) is 0 Å². The number of hydrogen-bond donors (Lipinski definition) is 1. The first-order valence-electron chi connectivity index (χ1n) is 6.11. The third-order valence-corrected chi connectivity index (χ3v) is 2.42. The second-order valence-electron chi connectivity index (χ2n) is 4.70. The molecule has 0 amide bonds. The molecule has 16 heavy (non-hydrogen) atoms. The van der Waals surface area contributed by atoms with Crippen LogP contribution < -0.4 is 0 Å². The molecule has 4 heteroatoms. The van der Waals surface area contributed by atoms with E-state index in [2.05, 4.69) is 30.9 Å². The molecule has 0 aliphatic carbocycles. The lowest BCUT2D eigenvalue weighted by Gasteiger charge is -2.09. The van der Waals surface area contributed by atoms with Gasteiger partial charge in [0, 0.05) is 6.42 Å². The maximum absolute atomic E-state index is 9.73. The number of nitrogens with zero attached hydrogens (tertiary/aromatic N) is 2. The standard InChI is InChI=1S/C12H22N2O2/c1-4-5-6-11-13-12(16-14-11)8-10(15)7-9(2)3/h9-10,15H,4-8H2,1-3H3. The van der Waals surface area contributed by atoms with Crippen LogP contribution in [0.1, 0.15) is 51.7 Å². The predicted octanol–water partition coefficient (Wildman–Crippen LogP) is 2.36. The van der Waals surface area contributed by atoms with Crippen LogP contribution >= 0.6 is 0 Å². The zero-order chi connectivity index (χ0) is 12.0. The molecule has 1 heterocycles. The molecule has 1 N–H and O–H groups in total. The molecule has 0 radical (unpaired) electrons. The number of aliphatic hydroxyl groups is 1. The highest BCUT2D eigenvalue weighted by Gasteiger charge is 2.13. The van der Waals surface area contributed by atoms with E-state index < -0.39 is 0 Å². The minimum Gasteiger partial charge on any atom is -0.393 e. The monoisotopic (exact) mass is 226 g/mol. The van der Waals surface area contributed by atoms with E-state index in [9.17, 15) is 5.11 Å². The summed E-state index contributed by atoms with van der Waals surface area (Å²) < 4.78 is 5.09. The molecule has 0 fully saturated rings. The van der Waals surface area contributed by atoms with Gasteiger partial charge in [0.2, 0.25) is 5.89 Å². The van der Waals surface area contributed by atoms with Crippen LogP contribution in [0.4, 0.5) is 0 Å². The topological polar surface area (TPSA) is 59.2 Å². The fourth-order valence-electron chi connectivity index (χ4n) is 1.64. The fraction of sp³-hybridized carbons (Fsp3) is 0.833. The average molecular weight is 226 g/mol. The summed E-state index contributed by atoms with van der Waals surface area (Å²) in [6, 6.07) is 0. The van der Waals surface area contributed by atoms with Crippen molar-refractivity contribution >= 4 is 0 Å². The zero-order valence-corrected chi connectivity index (χ0v) is 10.4. The summed E-state index contributed by atoms with van der Waals surface area (Å²) in [5, 5.41) is 13.6. The lowest BCUT2D eigenvalue weighted by Crippen LogP contribution is -2.13. The molecule has 1 atom stereocenters. The molecule has 0 spiro atoms. The van der Waals surface area contributed by atoms with E-state index in [1.54, 1.807) is 0 Å². The van der Waals surface area contributed by atoms with Gasteiger partial charge in [0.15, 0.2) is 5.82 Å². The summed E-state index contributed by atoms with van der Waals surface area (Å²) >= 11 is 0. The smallest absolute Gasteiger partial charge is 0.229 e. The normalized spacial score (nSPS) is 13.3. The minimum absolute atomic E-state index is 0.375. The van der Waals surface area contributed by atoms with Gasteiger partial charge in [-0.25, -0.2) is 0 Å². The van der Waals surface area contributed by atoms with Crippen LogP contribution in [-0.2, 0) is 12.8 Å². The Bertz CT molecular complexity index is 297. The number of unbranched alkanes of at least 4 members (excludes halogenated alkanes) is 1. The summed E-state index contributed by atoms with van der Waals surface area (Å²) in [6.07, 6.45) is 3.93. The number of hydrogen-bond acceptors (Lipinski definition) is 4. The highest BCUT2D eigenvalue weighted by molar-refractivity contribution is 4.88. The molecular formula is C12H22N2O2. The molecular weight excluding hydrogens is 204 g/mol. The van der Waals surface area contributed by atoms with Gasteiger partial charge in [-0.15, -0.1) is 0 Å². The lowest BCUT2D eigenvalue weighted by atomic mass is 10.0. The maximum atomic E-state index is 9.73. The lowest BCUT2D eigenvalue weighted by molar-refractivity contribution is 0.138. The third kappa shape index (κ3) is 4.75. The number of aromatic nitrogens is 2. The van der Waals surface area contributed by atoms with Crippen molar-refractivity contribution in [3.63, 3.8) is 0 Å². The minimum atomic E-state index is -0.375. The van der Waals surface area contributed by atoms with E-state index in [4.69, 9.17) is 4.52 Å². The molecule has 1 rings (SSSR count). The van der Waals surface area contributed by atoms with Crippen molar-refractivity contribution in [2.45, 2.75) is 59.0 Å². The SMILES string of the molecule is CCCCc1noc(CC(O)CC(C)C)n1. The molecule has 0 bridgehead atoms. The molecule has 0 aliphatic rings. The van der Waals surface area contributed by atoms with E-state index in [1.165, 1.54) is 0 Å². The van der Waals surface area contributed by atoms with Crippen LogP contribution in [0, 0.1) is 5.92 Å². The Morgan fingerprint density at radius 2 is 2.12 bits per heavy atom.